The zero-order valence-electron chi connectivity index (χ0n) is 7.34. The summed E-state index contributed by atoms with van der Waals surface area (Å²) < 4.78 is 0. The smallest absolute Gasteiger partial charge is 0.0331 e. The summed E-state index contributed by atoms with van der Waals surface area (Å²) in [4.78, 5) is 2.54. The van der Waals surface area contributed by atoms with E-state index in [4.69, 9.17) is 5.73 Å². The van der Waals surface area contributed by atoms with Crippen LogP contribution < -0.4 is 5.73 Å². The van der Waals surface area contributed by atoms with Crippen LogP contribution >= 0.6 is 0 Å². The Hall–Kier alpha value is -0.0800. The monoisotopic (exact) mass is 154 g/mol. The van der Waals surface area contributed by atoms with Crippen molar-refractivity contribution in [2.75, 3.05) is 13.6 Å². The van der Waals surface area contributed by atoms with E-state index in [-0.39, 0.29) is 0 Å². The minimum absolute atomic E-state index is 0.418. The number of hydrogen-bond acceptors (Lipinski definition) is 2. The summed E-state index contributed by atoms with van der Waals surface area (Å²) in [5.74, 6) is 0. The quantitative estimate of drug-likeness (QED) is 0.656. The Bertz CT molecular complexity index is 142. The average molecular weight is 154 g/mol. The van der Waals surface area contributed by atoms with Gasteiger partial charge in [0.1, 0.15) is 0 Å². The van der Waals surface area contributed by atoms with E-state index >= 15 is 0 Å². The maximum atomic E-state index is 5.79. The molecule has 64 valence electrons. The van der Waals surface area contributed by atoms with E-state index in [0.717, 1.165) is 12.6 Å². The molecule has 2 N–H and O–H groups in total. The number of hydrogen-bond donors (Lipinski definition) is 1. The Labute approximate surface area is 68.7 Å². The normalized spacial score (nSPS) is 28.6. The molecule has 0 saturated heterocycles. The standard InChI is InChI=1S/C9H18N2/c1-11(8-3-4-8)9(7-10)5-2-6-9/h8H,2-7,10H2,1H3. The highest BCUT2D eigenvalue weighted by Crippen LogP contribution is 2.41. The molecule has 0 spiro atoms. The van der Waals surface area contributed by atoms with Gasteiger partial charge in [-0.15, -0.1) is 0 Å². The van der Waals surface area contributed by atoms with Gasteiger partial charge in [-0.1, -0.05) is 0 Å². The summed E-state index contributed by atoms with van der Waals surface area (Å²) in [6, 6.07) is 0.874. The highest BCUT2D eigenvalue weighted by atomic mass is 15.2. The maximum absolute atomic E-state index is 5.79. The summed E-state index contributed by atoms with van der Waals surface area (Å²) in [7, 11) is 2.25. The Morgan fingerprint density at radius 1 is 1.45 bits per heavy atom. The van der Waals surface area contributed by atoms with Crippen LogP contribution in [0.3, 0.4) is 0 Å². The van der Waals surface area contributed by atoms with Gasteiger partial charge in [-0.25, -0.2) is 0 Å². The van der Waals surface area contributed by atoms with E-state index in [1.807, 2.05) is 0 Å². The van der Waals surface area contributed by atoms with Gasteiger partial charge in [-0.2, -0.15) is 0 Å². The zero-order valence-corrected chi connectivity index (χ0v) is 7.34. The Morgan fingerprint density at radius 3 is 2.36 bits per heavy atom. The molecule has 0 radical (unpaired) electrons. The number of nitrogens with zero attached hydrogens (tertiary/aromatic N) is 1. The van der Waals surface area contributed by atoms with Crippen molar-refractivity contribution in [3.05, 3.63) is 0 Å². The number of likely N-dealkylation sites (N-methyl/N-ethyl adjacent to an activating group) is 1. The van der Waals surface area contributed by atoms with Crippen LogP contribution in [0.15, 0.2) is 0 Å². The van der Waals surface area contributed by atoms with Crippen LogP contribution in [0.5, 0.6) is 0 Å². The number of nitrogens with two attached hydrogens (primary N) is 1. The van der Waals surface area contributed by atoms with Crippen molar-refractivity contribution in [2.45, 2.75) is 43.7 Å². The van der Waals surface area contributed by atoms with Crippen molar-refractivity contribution in [1.29, 1.82) is 0 Å². The predicted molar refractivity (Wildman–Crippen MR) is 46.4 cm³/mol. The molecule has 2 heteroatoms. The predicted octanol–water partition coefficient (Wildman–Crippen LogP) is 0.962. The first-order valence-electron chi connectivity index (χ1n) is 4.71. The van der Waals surface area contributed by atoms with Crippen molar-refractivity contribution < 1.29 is 0 Å². The van der Waals surface area contributed by atoms with Crippen LogP contribution in [0.1, 0.15) is 32.1 Å². The van der Waals surface area contributed by atoms with Crippen molar-refractivity contribution >= 4 is 0 Å². The van der Waals surface area contributed by atoms with Gasteiger partial charge in [-0.05, 0) is 39.2 Å². The molecule has 0 bridgehead atoms. The Morgan fingerprint density at radius 2 is 2.09 bits per heavy atom. The zero-order chi connectivity index (χ0) is 7.90. The molecule has 0 aliphatic heterocycles. The first-order chi connectivity index (χ1) is 5.28. The minimum atomic E-state index is 0.418. The first-order valence-corrected chi connectivity index (χ1v) is 4.71. The summed E-state index contributed by atoms with van der Waals surface area (Å²) in [5, 5.41) is 0. The summed E-state index contributed by atoms with van der Waals surface area (Å²) in [5.41, 5.74) is 6.21. The fourth-order valence-electron chi connectivity index (χ4n) is 2.13. The summed E-state index contributed by atoms with van der Waals surface area (Å²) >= 11 is 0. The second-order valence-electron chi connectivity index (χ2n) is 4.12. The fourth-order valence-corrected chi connectivity index (χ4v) is 2.13. The van der Waals surface area contributed by atoms with Gasteiger partial charge in [0.2, 0.25) is 0 Å². The third-order valence-electron chi connectivity index (χ3n) is 3.51. The van der Waals surface area contributed by atoms with Crippen LogP contribution in [-0.2, 0) is 0 Å². The molecule has 2 aliphatic carbocycles. The van der Waals surface area contributed by atoms with Crippen molar-refractivity contribution in [3.63, 3.8) is 0 Å². The van der Waals surface area contributed by atoms with E-state index < -0.39 is 0 Å². The van der Waals surface area contributed by atoms with Gasteiger partial charge in [0, 0.05) is 18.1 Å². The van der Waals surface area contributed by atoms with Crippen LogP contribution in [0.25, 0.3) is 0 Å². The molecule has 2 saturated carbocycles. The Kier molecular flexibility index (Phi) is 1.69. The van der Waals surface area contributed by atoms with Crippen molar-refractivity contribution in [3.8, 4) is 0 Å². The molecule has 2 aliphatic rings. The van der Waals surface area contributed by atoms with Crippen LogP contribution in [0.2, 0.25) is 0 Å². The number of rotatable bonds is 3. The van der Waals surface area contributed by atoms with Crippen LogP contribution in [-0.4, -0.2) is 30.1 Å². The largest absolute Gasteiger partial charge is 0.329 e. The molecule has 0 heterocycles. The third kappa shape index (κ3) is 1.09. The molecule has 2 nitrogen and oxygen atoms in total. The summed E-state index contributed by atoms with van der Waals surface area (Å²) in [6.45, 7) is 0.861. The summed E-state index contributed by atoms with van der Waals surface area (Å²) in [6.07, 6.45) is 6.85. The van der Waals surface area contributed by atoms with Gasteiger partial charge in [-0.3, -0.25) is 4.90 Å². The lowest BCUT2D eigenvalue weighted by Gasteiger charge is -2.48. The van der Waals surface area contributed by atoms with Crippen LogP contribution in [0, 0.1) is 0 Å². The van der Waals surface area contributed by atoms with Gasteiger partial charge in [0.05, 0.1) is 0 Å². The second kappa shape index (κ2) is 2.46. The maximum Gasteiger partial charge on any atom is 0.0331 e. The van der Waals surface area contributed by atoms with Gasteiger partial charge in [0.15, 0.2) is 0 Å². The molecule has 2 rings (SSSR count). The topological polar surface area (TPSA) is 29.3 Å². The SMILES string of the molecule is CN(C1CC1)C1(CN)CCC1. The third-order valence-corrected chi connectivity index (χ3v) is 3.51. The Balaban J connectivity index is 1.98. The van der Waals surface area contributed by atoms with Crippen molar-refractivity contribution in [2.24, 2.45) is 5.73 Å². The molecule has 0 amide bonds. The van der Waals surface area contributed by atoms with Gasteiger partial charge in [0.25, 0.3) is 0 Å². The molecular formula is C9H18N2. The van der Waals surface area contributed by atoms with Gasteiger partial charge < -0.3 is 5.73 Å². The van der Waals surface area contributed by atoms with E-state index in [2.05, 4.69) is 11.9 Å². The highest BCUT2D eigenvalue weighted by molar-refractivity contribution is 5.02. The molecule has 2 fully saturated rings. The molecule has 0 unspecified atom stereocenters. The van der Waals surface area contributed by atoms with E-state index in [0.29, 0.717) is 5.54 Å². The van der Waals surface area contributed by atoms with E-state index in [1.54, 1.807) is 0 Å². The van der Waals surface area contributed by atoms with Gasteiger partial charge >= 0.3 is 0 Å². The van der Waals surface area contributed by atoms with E-state index in [9.17, 15) is 0 Å². The average Bonchev–Trinajstić information content (AvgIpc) is 2.66. The molecule has 11 heavy (non-hydrogen) atoms. The molecule has 0 aromatic heterocycles. The molecule has 0 aromatic rings. The van der Waals surface area contributed by atoms with Crippen LogP contribution in [0.4, 0.5) is 0 Å². The lowest BCUT2D eigenvalue weighted by molar-refractivity contribution is 0.0395. The second-order valence-corrected chi connectivity index (χ2v) is 4.12. The molecular weight excluding hydrogens is 136 g/mol. The lowest BCUT2D eigenvalue weighted by Crippen LogP contribution is -2.57. The fraction of sp³-hybridized carbons (Fsp3) is 1.00. The molecule has 0 atom stereocenters. The first kappa shape index (κ1) is 7.56. The lowest BCUT2D eigenvalue weighted by atomic mass is 9.75. The van der Waals surface area contributed by atoms with Crippen molar-refractivity contribution in [1.82, 2.24) is 4.90 Å². The minimum Gasteiger partial charge on any atom is -0.329 e. The molecule has 0 aromatic carbocycles. The highest BCUT2D eigenvalue weighted by Gasteiger charge is 2.44. The van der Waals surface area contributed by atoms with E-state index in [1.165, 1.54) is 32.1 Å².